The number of hydrogen-bond donors (Lipinski definition) is 0. The Morgan fingerprint density at radius 2 is 1.88 bits per heavy atom. The second-order valence-corrected chi connectivity index (χ2v) is 7.79. The number of benzene rings is 1. The van der Waals surface area contributed by atoms with Gasteiger partial charge in [-0.3, -0.25) is 14.5 Å². The molecule has 0 radical (unpaired) electrons. The van der Waals surface area contributed by atoms with Crippen molar-refractivity contribution in [3.8, 4) is 0 Å². The molecule has 0 unspecified atom stereocenters. The van der Waals surface area contributed by atoms with Gasteiger partial charge in [0.25, 0.3) is 11.8 Å². The first-order valence-corrected chi connectivity index (χ1v) is 9.45. The molecule has 2 aromatic rings. The SMILES string of the molecule is CC(C)CN1C(=O)C(c2cccs2)=C(N2CCc3ccccc32)C1=O. The largest absolute Gasteiger partial charge is 0.336 e. The van der Waals surface area contributed by atoms with E-state index in [-0.39, 0.29) is 17.7 Å². The van der Waals surface area contributed by atoms with Crippen molar-refractivity contribution in [1.29, 1.82) is 0 Å². The Kier molecular flexibility index (Phi) is 3.96. The van der Waals surface area contributed by atoms with Gasteiger partial charge in [0.1, 0.15) is 5.70 Å². The van der Waals surface area contributed by atoms with Crippen LogP contribution in [0.25, 0.3) is 5.57 Å². The Bertz CT molecular complexity index is 868. The molecule has 5 heteroatoms. The summed E-state index contributed by atoms with van der Waals surface area (Å²) in [6.07, 6.45) is 0.892. The minimum absolute atomic E-state index is 0.166. The van der Waals surface area contributed by atoms with Crippen LogP contribution in [0.3, 0.4) is 0 Å². The van der Waals surface area contributed by atoms with Crippen molar-refractivity contribution in [2.75, 3.05) is 18.0 Å². The summed E-state index contributed by atoms with van der Waals surface area (Å²) in [5.41, 5.74) is 3.36. The number of nitrogens with zero attached hydrogens (tertiary/aromatic N) is 2. The highest BCUT2D eigenvalue weighted by Crippen LogP contribution is 2.39. The van der Waals surface area contributed by atoms with E-state index >= 15 is 0 Å². The molecular weight excluding hydrogens is 332 g/mol. The van der Waals surface area contributed by atoms with E-state index in [1.54, 1.807) is 0 Å². The highest BCUT2D eigenvalue weighted by Gasteiger charge is 2.43. The van der Waals surface area contributed by atoms with Crippen LogP contribution in [0.2, 0.25) is 0 Å². The van der Waals surface area contributed by atoms with Gasteiger partial charge >= 0.3 is 0 Å². The van der Waals surface area contributed by atoms with E-state index in [0.29, 0.717) is 17.8 Å². The van der Waals surface area contributed by atoms with E-state index in [0.717, 1.165) is 23.5 Å². The maximum absolute atomic E-state index is 13.2. The topological polar surface area (TPSA) is 40.6 Å². The lowest BCUT2D eigenvalue weighted by Crippen LogP contribution is -2.37. The fourth-order valence-corrected chi connectivity index (χ4v) is 4.32. The van der Waals surface area contributed by atoms with Gasteiger partial charge in [-0.05, 0) is 35.4 Å². The van der Waals surface area contributed by atoms with Gasteiger partial charge in [-0.2, -0.15) is 0 Å². The normalized spacial score (nSPS) is 17.2. The van der Waals surface area contributed by atoms with Gasteiger partial charge in [0.15, 0.2) is 0 Å². The maximum atomic E-state index is 13.2. The average molecular weight is 352 g/mol. The molecule has 4 rings (SSSR count). The molecule has 25 heavy (non-hydrogen) atoms. The van der Waals surface area contributed by atoms with Crippen LogP contribution < -0.4 is 4.90 Å². The van der Waals surface area contributed by atoms with Crippen molar-refractivity contribution in [3.05, 3.63) is 57.9 Å². The Morgan fingerprint density at radius 3 is 2.60 bits per heavy atom. The zero-order valence-corrected chi connectivity index (χ0v) is 15.2. The van der Waals surface area contributed by atoms with E-state index in [1.165, 1.54) is 21.8 Å². The second kappa shape index (κ2) is 6.15. The predicted octanol–water partition coefficient (Wildman–Crippen LogP) is 3.55. The number of thiophene rings is 1. The van der Waals surface area contributed by atoms with Crippen molar-refractivity contribution in [3.63, 3.8) is 0 Å². The first-order valence-electron chi connectivity index (χ1n) is 8.57. The summed E-state index contributed by atoms with van der Waals surface area (Å²) >= 11 is 1.51. The molecule has 2 aliphatic rings. The summed E-state index contributed by atoms with van der Waals surface area (Å²) in [6, 6.07) is 12.0. The zero-order chi connectivity index (χ0) is 17.6. The highest BCUT2D eigenvalue weighted by atomic mass is 32.1. The molecule has 0 spiro atoms. The minimum Gasteiger partial charge on any atom is -0.336 e. The van der Waals surface area contributed by atoms with Crippen molar-refractivity contribution >= 4 is 34.4 Å². The molecule has 0 N–H and O–H groups in total. The molecule has 128 valence electrons. The van der Waals surface area contributed by atoms with Crippen LogP contribution in [0.15, 0.2) is 47.5 Å². The Labute approximate surface area is 151 Å². The number of rotatable bonds is 4. The Balaban J connectivity index is 1.84. The van der Waals surface area contributed by atoms with E-state index in [1.807, 2.05) is 54.5 Å². The average Bonchev–Trinajstić information content (AvgIpc) is 3.29. The smallest absolute Gasteiger partial charge is 0.278 e. The van der Waals surface area contributed by atoms with Crippen LogP contribution in [0.1, 0.15) is 24.3 Å². The summed E-state index contributed by atoms with van der Waals surface area (Å²) < 4.78 is 0. The number of hydrogen-bond acceptors (Lipinski definition) is 4. The number of fused-ring (bicyclic) bond motifs is 1. The van der Waals surface area contributed by atoms with Crippen molar-refractivity contribution in [2.45, 2.75) is 20.3 Å². The summed E-state index contributed by atoms with van der Waals surface area (Å²) in [6.45, 7) is 5.23. The van der Waals surface area contributed by atoms with Crippen molar-refractivity contribution in [1.82, 2.24) is 4.90 Å². The van der Waals surface area contributed by atoms with Crippen LogP contribution in [-0.4, -0.2) is 29.8 Å². The molecule has 0 atom stereocenters. The lowest BCUT2D eigenvalue weighted by Gasteiger charge is -2.22. The van der Waals surface area contributed by atoms with Gasteiger partial charge in [-0.15, -0.1) is 11.3 Å². The van der Waals surface area contributed by atoms with Crippen LogP contribution in [0, 0.1) is 5.92 Å². The first-order chi connectivity index (χ1) is 12.1. The molecule has 0 aliphatic carbocycles. The number of para-hydroxylation sites is 1. The van der Waals surface area contributed by atoms with Gasteiger partial charge in [0, 0.05) is 23.7 Å². The molecule has 3 heterocycles. The number of amides is 2. The molecule has 0 saturated heterocycles. The summed E-state index contributed by atoms with van der Waals surface area (Å²) in [5.74, 6) is -0.0953. The monoisotopic (exact) mass is 352 g/mol. The van der Waals surface area contributed by atoms with Gasteiger partial charge in [0.2, 0.25) is 0 Å². The molecule has 2 aliphatic heterocycles. The number of anilines is 1. The van der Waals surface area contributed by atoms with Gasteiger partial charge in [-0.25, -0.2) is 0 Å². The van der Waals surface area contributed by atoms with Gasteiger partial charge < -0.3 is 4.90 Å². The Hall–Kier alpha value is -2.40. The van der Waals surface area contributed by atoms with Crippen molar-refractivity contribution < 1.29 is 9.59 Å². The first kappa shape index (κ1) is 16.1. The predicted molar refractivity (Wildman–Crippen MR) is 100 cm³/mol. The second-order valence-electron chi connectivity index (χ2n) is 6.85. The number of carbonyl (C=O) groups is 2. The molecule has 1 aromatic heterocycles. The summed E-state index contributed by atoms with van der Waals surface area (Å²) in [4.78, 5) is 30.5. The molecule has 2 amide bonds. The molecule has 0 saturated carbocycles. The number of imide groups is 1. The zero-order valence-electron chi connectivity index (χ0n) is 14.4. The quantitative estimate of drug-likeness (QED) is 0.790. The molecular formula is C20H20N2O2S. The van der Waals surface area contributed by atoms with E-state index in [4.69, 9.17) is 0 Å². The summed E-state index contributed by atoms with van der Waals surface area (Å²) in [5, 5.41) is 1.95. The van der Waals surface area contributed by atoms with Crippen LogP contribution >= 0.6 is 11.3 Å². The van der Waals surface area contributed by atoms with E-state index in [2.05, 4.69) is 6.07 Å². The maximum Gasteiger partial charge on any atom is 0.278 e. The fraction of sp³-hybridized carbons (Fsp3) is 0.300. The fourth-order valence-electron chi connectivity index (χ4n) is 3.56. The van der Waals surface area contributed by atoms with Crippen LogP contribution in [0.5, 0.6) is 0 Å². The third kappa shape index (κ3) is 2.59. The van der Waals surface area contributed by atoms with Gasteiger partial charge in [0.05, 0.1) is 5.57 Å². The van der Waals surface area contributed by atoms with Crippen molar-refractivity contribution in [2.24, 2.45) is 5.92 Å². The van der Waals surface area contributed by atoms with Crippen LogP contribution in [0.4, 0.5) is 5.69 Å². The molecule has 0 fully saturated rings. The molecule has 4 nitrogen and oxygen atoms in total. The third-order valence-corrected chi connectivity index (χ3v) is 5.50. The number of carbonyl (C=O) groups excluding carboxylic acids is 2. The Morgan fingerprint density at radius 1 is 1.08 bits per heavy atom. The van der Waals surface area contributed by atoms with Gasteiger partial charge in [-0.1, -0.05) is 38.1 Å². The van der Waals surface area contributed by atoms with E-state index in [9.17, 15) is 9.59 Å². The lowest BCUT2D eigenvalue weighted by molar-refractivity contribution is -0.137. The summed E-state index contributed by atoms with van der Waals surface area (Å²) in [7, 11) is 0. The molecule has 0 bridgehead atoms. The third-order valence-electron chi connectivity index (χ3n) is 4.62. The molecule has 1 aromatic carbocycles. The van der Waals surface area contributed by atoms with Crippen LogP contribution in [-0.2, 0) is 16.0 Å². The standard InChI is InChI=1S/C20H20N2O2S/c1-13(2)12-22-19(23)17(16-8-5-11-25-16)18(20(22)24)21-10-9-14-6-3-4-7-15(14)21/h3-8,11,13H,9-10,12H2,1-2H3. The minimum atomic E-state index is -0.168. The lowest BCUT2D eigenvalue weighted by atomic mass is 10.1. The highest BCUT2D eigenvalue weighted by molar-refractivity contribution is 7.11. The van der Waals surface area contributed by atoms with E-state index < -0.39 is 0 Å².